The fourth-order valence-corrected chi connectivity index (χ4v) is 3.44. The van der Waals surface area contributed by atoms with E-state index in [0.717, 1.165) is 38.8 Å². The number of piperidine rings is 2. The molecule has 3 heterocycles. The minimum Gasteiger partial charge on any atom is -0.352 e. The highest BCUT2D eigenvalue weighted by atomic mass is 16.2. The van der Waals surface area contributed by atoms with Crippen LogP contribution in [0.3, 0.4) is 0 Å². The fourth-order valence-electron chi connectivity index (χ4n) is 3.44. The first-order valence-corrected chi connectivity index (χ1v) is 8.98. The lowest BCUT2D eigenvalue weighted by Crippen LogP contribution is -2.52. The molecule has 0 radical (unpaired) electrons. The summed E-state index contributed by atoms with van der Waals surface area (Å²) in [5.74, 6) is -0.198. The summed E-state index contributed by atoms with van der Waals surface area (Å²) in [5.41, 5.74) is -0.431. The molecule has 2 fully saturated rings. The van der Waals surface area contributed by atoms with E-state index >= 15 is 0 Å². The Balaban J connectivity index is 1.44. The monoisotopic (exact) mass is 347 g/mol. The molecular weight excluding hydrogens is 322 g/mol. The highest BCUT2D eigenvalue weighted by Gasteiger charge is 2.27. The smallest absolute Gasteiger partial charge is 0.347 e. The molecule has 3 amide bonds. The van der Waals surface area contributed by atoms with Gasteiger partial charge >= 0.3 is 11.7 Å². The lowest BCUT2D eigenvalue weighted by Gasteiger charge is -2.37. The van der Waals surface area contributed by atoms with Gasteiger partial charge in [0.25, 0.3) is 0 Å². The zero-order valence-electron chi connectivity index (χ0n) is 14.4. The van der Waals surface area contributed by atoms with Crippen LogP contribution in [0, 0.1) is 0 Å². The SMILES string of the molecule is O=C(Cn1cccnc1=O)NC1CCN(C(=O)N2CCCCC2)CC1. The molecule has 1 aromatic rings. The predicted octanol–water partition coefficient (Wildman–Crippen LogP) is 0.430. The maximum absolute atomic E-state index is 12.5. The molecule has 2 aliphatic rings. The summed E-state index contributed by atoms with van der Waals surface area (Å²) in [6, 6.07) is 1.80. The molecule has 0 unspecified atom stereocenters. The molecule has 136 valence electrons. The molecule has 3 rings (SSSR count). The zero-order valence-corrected chi connectivity index (χ0v) is 14.4. The number of carbonyl (C=O) groups is 2. The third-order valence-corrected chi connectivity index (χ3v) is 4.85. The molecule has 0 atom stereocenters. The molecule has 0 aromatic carbocycles. The molecular formula is C17H25N5O3. The molecule has 25 heavy (non-hydrogen) atoms. The van der Waals surface area contributed by atoms with E-state index < -0.39 is 5.69 Å². The third kappa shape index (κ3) is 4.58. The molecule has 1 N–H and O–H groups in total. The molecule has 1 aromatic heterocycles. The van der Waals surface area contributed by atoms with E-state index in [1.54, 1.807) is 12.3 Å². The summed E-state index contributed by atoms with van der Waals surface area (Å²) >= 11 is 0. The molecule has 8 nitrogen and oxygen atoms in total. The average molecular weight is 347 g/mol. The first kappa shape index (κ1) is 17.4. The van der Waals surface area contributed by atoms with Crippen molar-refractivity contribution in [3.8, 4) is 0 Å². The van der Waals surface area contributed by atoms with Gasteiger partial charge in [-0.2, -0.15) is 0 Å². The van der Waals surface area contributed by atoms with Crippen molar-refractivity contribution >= 4 is 11.9 Å². The number of nitrogens with zero attached hydrogens (tertiary/aromatic N) is 4. The molecule has 0 bridgehead atoms. The number of hydrogen-bond donors (Lipinski definition) is 1. The normalized spacial score (nSPS) is 18.9. The Morgan fingerprint density at radius 3 is 2.44 bits per heavy atom. The molecule has 2 aliphatic heterocycles. The molecule has 0 saturated carbocycles. The van der Waals surface area contributed by atoms with Crippen LogP contribution < -0.4 is 11.0 Å². The Hall–Kier alpha value is -2.38. The van der Waals surface area contributed by atoms with E-state index in [-0.39, 0.29) is 24.5 Å². The van der Waals surface area contributed by atoms with Crippen LogP contribution in [0.25, 0.3) is 0 Å². The van der Waals surface area contributed by atoms with Gasteiger partial charge in [-0.25, -0.2) is 14.6 Å². The van der Waals surface area contributed by atoms with E-state index in [1.807, 2.05) is 9.80 Å². The quantitative estimate of drug-likeness (QED) is 0.859. The zero-order chi connectivity index (χ0) is 17.6. The second-order valence-corrected chi connectivity index (χ2v) is 6.69. The first-order chi connectivity index (χ1) is 12.1. The van der Waals surface area contributed by atoms with Crippen LogP contribution in [-0.2, 0) is 11.3 Å². The van der Waals surface area contributed by atoms with Crippen molar-refractivity contribution < 1.29 is 9.59 Å². The number of rotatable bonds is 3. The van der Waals surface area contributed by atoms with Crippen LogP contribution in [0.5, 0.6) is 0 Å². The topological polar surface area (TPSA) is 87.5 Å². The van der Waals surface area contributed by atoms with E-state index in [2.05, 4.69) is 10.3 Å². The molecule has 8 heteroatoms. The second-order valence-electron chi connectivity index (χ2n) is 6.69. The number of likely N-dealkylation sites (tertiary alicyclic amines) is 2. The first-order valence-electron chi connectivity index (χ1n) is 8.98. The summed E-state index contributed by atoms with van der Waals surface area (Å²) < 4.78 is 1.28. The Morgan fingerprint density at radius 1 is 1.08 bits per heavy atom. The highest BCUT2D eigenvalue weighted by Crippen LogP contribution is 2.16. The van der Waals surface area contributed by atoms with Crippen LogP contribution in [0.15, 0.2) is 23.3 Å². The van der Waals surface area contributed by atoms with Crippen molar-refractivity contribution in [2.75, 3.05) is 26.2 Å². The van der Waals surface area contributed by atoms with Crippen molar-refractivity contribution in [2.24, 2.45) is 0 Å². The van der Waals surface area contributed by atoms with Gasteiger partial charge in [0.1, 0.15) is 6.54 Å². The van der Waals surface area contributed by atoms with Gasteiger partial charge in [-0.15, -0.1) is 0 Å². The minimum atomic E-state index is -0.431. The van der Waals surface area contributed by atoms with Gasteiger partial charge in [-0.05, 0) is 38.2 Å². The highest BCUT2D eigenvalue weighted by molar-refractivity contribution is 5.76. The van der Waals surface area contributed by atoms with Gasteiger partial charge in [0, 0.05) is 44.6 Å². The largest absolute Gasteiger partial charge is 0.352 e. The third-order valence-electron chi connectivity index (χ3n) is 4.85. The van der Waals surface area contributed by atoms with Crippen LogP contribution >= 0.6 is 0 Å². The average Bonchev–Trinajstić information content (AvgIpc) is 2.64. The molecule has 0 spiro atoms. The Labute approximate surface area is 146 Å². The number of amides is 3. The summed E-state index contributed by atoms with van der Waals surface area (Å²) in [6.45, 7) is 3.00. The fraction of sp³-hybridized carbons (Fsp3) is 0.647. The van der Waals surface area contributed by atoms with E-state index in [0.29, 0.717) is 13.1 Å². The second kappa shape index (κ2) is 8.13. The predicted molar refractivity (Wildman–Crippen MR) is 92.1 cm³/mol. The summed E-state index contributed by atoms with van der Waals surface area (Å²) in [5, 5.41) is 2.96. The Bertz CT molecular complexity index is 660. The molecule has 2 saturated heterocycles. The van der Waals surface area contributed by atoms with Crippen molar-refractivity contribution in [3.63, 3.8) is 0 Å². The van der Waals surface area contributed by atoms with Crippen molar-refractivity contribution in [2.45, 2.75) is 44.7 Å². The number of hydrogen-bond acceptors (Lipinski definition) is 4. The number of aromatic nitrogens is 2. The number of urea groups is 1. The summed E-state index contributed by atoms with van der Waals surface area (Å²) in [7, 11) is 0. The van der Waals surface area contributed by atoms with Gasteiger partial charge in [0.15, 0.2) is 0 Å². The van der Waals surface area contributed by atoms with E-state index in [4.69, 9.17) is 0 Å². The summed E-state index contributed by atoms with van der Waals surface area (Å²) in [4.78, 5) is 43.6. The maximum Gasteiger partial charge on any atom is 0.347 e. The number of nitrogens with one attached hydrogen (secondary N) is 1. The van der Waals surface area contributed by atoms with Crippen LogP contribution in [0.4, 0.5) is 4.79 Å². The minimum absolute atomic E-state index is 0.0282. The van der Waals surface area contributed by atoms with Crippen LogP contribution in [0.2, 0.25) is 0 Å². The standard InChI is InChI=1S/C17H25N5O3/c23-15(13-22-10-4-7-18-16(22)24)19-14-5-11-21(12-6-14)17(25)20-8-2-1-3-9-20/h4,7,10,14H,1-3,5-6,8-9,11-13H2,(H,19,23). The van der Waals surface area contributed by atoms with Gasteiger partial charge in [-0.3, -0.25) is 9.36 Å². The van der Waals surface area contributed by atoms with E-state index in [1.165, 1.54) is 17.2 Å². The maximum atomic E-state index is 12.5. The van der Waals surface area contributed by atoms with Crippen LogP contribution in [0.1, 0.15) is 32.1 Å². The molecule has 0 aliphatic carbocycles. The van der Waals surface area contributed by atoms with Crippen molar-refractivity contribution in [3.05, 3.63) is 28.9 Å². The van der Waals surface area contributed by atoms with Crippen molar-refractivity contribution in [1.29, 1.82) is 0 Å². The summed E-state index contributed by atoms with van der Waals surface area (Å²) in [6.07, 6.45) is 7.83. The van der Waals surface area contributed by atoms with Gasteiger partial charge in [0.2, 0.25) is 5.91 Å². The lowest BCUT2D eigenvalue weighted by molar-refractivity contribution is -0.122. The van der Waals surface area contributed by atoms with E-state index in [9.17, 15) is 14.4 Å². The Kier molecular flexibility index (Phi) is 5.67. The number of carbonyl (C=O) groups excluding carboxylic acids is 2. The van der Waals surface area contributed by atoms with Gasteiger partial charge in [0.05, 0.1) is 0 Å². The van der Waals surface area contributed by atoms with Gasteiger partial charge in [-0.1, -0.05) is 0 Å². The van der Waals surface area contributed by atoms with Crippen LogP contribution in [-0.4, -0.2) is 63.5 Å². The van der Waals surface area contributed by atoms with Crippen molar-refractivity contribution in [1.82, 2.24) is 24.7 Å². The Morgan fingerprint density at radius 2 is 1.76 bits per heavy atom. The van der Waals surface area contributed by atoms with Gasteiger partial charge < -0.3 is 15.1 Å². The lowest BCUT2D eigenvalue weighted by atomic mass is 10.0.